The largest absolute Gasteiger partial charge is 0.313 e. The van der Waals surface area contributed by atoms with Crippen molar-refractivity contribution in [3.63, 3.8) is 0 Å². The smallest absolute Gasteiger partial charge is 0.0104 e. The molecule has 1 N–H and O–H groups in total. The van der Waals surface area contributed by atoms with Crippen LogP contribution in [0.25, 0.3) is 0 Å². The zero-order valence-electron chi connectivity index (χ0n) is 9.93. The average molecular weight is 186 g/mol. The molecule has 1 atom stereocenters. The monoisotopic (exact) mass is 186 g/mol. The van der Waals surface area contributed by atoms with E-state index >= 15 is 0 Å². The van der Waals surface area contributed by atoms with Gasteiger partial charge in [-0.2, -0.15) is 0 Å². The van der Waals surface area contributed by atoms with Crippen LogP contribution < -0.4 is 5.32 Å². The van der Waals surface area contributed by atoms with Crippen LogP contribution in [0.3, 0.4) is 0 Å². The van der Waals surface area contributed by atoms with E-state index in [1.54, 1.807) is 0 Å². The number of nitrogens with zero attached hydrogens (tertiary/aromatic N) is 1. The van der Waals surface area contributed by atoms with E-state index in [-0.39, 0.29) is 0 Å². The maximum atomic E-state index is 3.43. The fraction of sp³-hybridized carbons (Fsp3) is 1.00. The first kappa shape index (κ1) is 12.9. The number of hydrogen-bond acceptors (Lipinski definition) is 2. The summed E-state index contributed by atoms with van der Waals surface area (Å²) < 4.78 is 0. The van der Waals surface area contributed by atoms with Crippen LogP contribution in [-0.4, -0.2) is 37.6 Å². The summed E-state index contributed by atoms with van der Waals surface area (Å²) in [6.45, 7) is 12.4. The Bertz CT molecular complexity index is 113. The minimum Gasteiger partial charge on any atom is -0.313 e. The predicted molar refractivity (Wildman–Crippen MR) is 60.1 cm³/mol. The molecule has 0 saturated carbocycles. The van der Waals surface area contributed by atoms with Gasteiger partial charge in [-0.1, -0.05) is 34.1 Å². The molecule has 0 spiro atoms. The Kier molecular flexibility index (Phi) is 7.29. The van der Waals surface area contributed by atoms with Crippen molar-refractivity contribution in [2.24, 2.45) is 5.92 Å². The van der Waals surface area contributed by atoms with Gasteiger partial charge in [0.2, 0.25) is 0 Å². The van der Waals surface area contributed by atoms with Crippen LogP contribution in [0.1, 0.15) is 34.1 Å². The van der Waals surface area contributed by atoms with Gasteiger partial charge in [0.05, 0.1) is 0 Å². The van der Waals surface area contributed by atoms with Crippen molar-refractivity contribution in [1.29, 1.82) is 0 Å². The van der Waals surface area contributed by atoms with Gasteiger partial charge in [0, 0.05) is 25.7 Å². The van der Waals surface area contributed by atoms with Gasteiger partial charge in [-0.25, -0.2) is 0 Å². The molecule has 13 heavy (non-hydrogen) atoms. The molecule has 0 aromatic carbocycles. The number of hydrogen-bond donors (Lipinski definition) is 1. The van der Waals surface area contributed by atoms with Crippen LogP contribution in [0.5, 0.6) is 0 Å². The van der Waals surface area contributed by atoms with Gasteiger partial charge in [0.15, 0.2) is 0 Å². The molecule has 0 heterocycles. The van der Waals surface area contributed by atoms with Crippen LogP contribution >= 0.6 is 0 Å². The third-order valence-electron chi connectivity index (χ3n) is 2.37. The van der Waals surface area contributed by atoms with Crippen molar-refractivity contribution >= 4 is 0 Å². The SMILES string of the molecule is CCC(C)CN(C)CCNC(C)C. The molecule has 0 radical (unpaired) electrons. The van der Waals surface area contributed by atoms with Gasteiger partial charge in [0.25, 0.3) is 0 Å². The van der Waals surface area contributed by atoms with E-state index in [1.165, 1.54) is 13.0 Å². The summed E-state index contributed by atoms with van der Waals surface area (Å²) in [5.41, 5.74) is 0. The van der Waals surface area contributed by atoms with Crippen molar-refractivity contribution in [2.45, 2.75) is 40.2 Å². The number of rotatable bonds is 7. The first-order valence-electron chi connectivity index (χ1n) is 5.48. The van der Waals surface area contributed by atoms with Crippen molar-refractivity contribution in [3.8, 4) is 0 Å². The molecule has 0 amide bonds. The van der Waals surface area contributed by atoms with E-state index in [1.807, 2.05) is 0 Å². The highest BCUT2D eigenvalue weighted by Gasteiger charge is 2.03. The fourth-order valence-electron chi connectivity index (χ4n) is 1.30. The van der Waals surface area contributed by atoms with E-state index < -0.39 is 0 Å². The zero-order chi connectivity index (χ0) is 10.3. The lowest BCUT2D eigenvalue weighted by Crippen LogP contribution is -2.34. The molecule has 0 saturated heterocycles. The Morgan fingerprint density at radius 3 is 2.31 bits per heavy atom. The predicted octanol–water partition coefficient (Wildman–Crippen LogP) is 1.96. The standard InChI is InChI=1S/C11H26N2/c1-6-11(4)9-13(5)8-7-12-10(2)3/h10-12H,6-9H2,1-5H3. The molecule has 2 nitrogen and oxygen atoms in total. The molecular weight excluding hydrogens is 160 g/mol. The fourth-order valence-corrected chi connectivity index (χ4v) is 1.30. The quantitative estimate of drug-likeness (QED) is 0.654. The Morgan fingerprint density at radius 1 is 1.23 bits per heavy atom. The summed E-state index contributed by atoms with van der Waals surface area (Å²) in [6, 6.07) is 0.608. The molecule has 2 heteroatoms. The minimum atomic E-state index is 0.608. The Morgan fingerprint density at radius 2 is 1.85 bits per heavy atom. The summed E-state index contributed by atoms with van der Waals surface area (Å²) in [4.78, 5) is 2.41. The van der Waals surface area contributed by atoms with E-state index in [2.05, 4.69) is 45.0 Å². The van der Waals surface area contributed by atoms with Crippen LogP contribution in [0.2, 0.25) is 0 Å². The molecule has 0 bridgehead atoms. The van der Waals surface area contributed by atoms with Crippen LogP contribution in [0, 0.1) is 5.92 Å². The van der Waals surface area contributed by atoms with Gasteiger partial charge in [-0.3, -0.25) is 0 Å². The summed E-state index contributed by atoms with van der Waals surface area (Å²) in [5.74, 6) is 0.823. The Labute approximate surface area is 83.7 Å². The second kappa shape index (κ2) is 7.34. The van der Waals surface area contributed by atoms with Crippen LogP contribution in [0.4, 0.5) is 0 Å². The molecule has 0 aromatic heterocycles. The van der Waals surface area contributed by atoms with Gasteiger partial charge in [-0.05, 0) is 13.0 Å². The van der Waals surface area contributed by atoms with Crippen molar-refractivity contribution in [1.82, 2.24) is 10.2 Å². The van der Waals surface area contributed by atoms with E-state index in [9.17, 15) is 0 Å². The van der Waals surface area contributed by atoms with Crippen LogP contribution in [0.15, 0.2) is 0 Å². The van der Waals surface area contributed by atoms with Gasteiger partial charge in [-0.15, -0.1) is 0 Å². The second-order valence-corrected chi connectivity index (χ2v) is 4.38. The van der Waals surface area contributed by atoms with E-state index in [0.29, 0.717) is 6.04 Å². The summed E-state index contributed by atoms with van der Waals surface area (Å²) >= 11 is 0. The summed E-state index contributed by atoms with van der Waals surface area (Å²) in [5, 5.41) is 3.43. The lowest BCUT2D eigenvalue weighted by atomic mass is 10.1. The molecule has 0 aliphatic rings. The molecule has 0 rings (SSSR count). The van der Waals surface area contributed by atoms with Gasteiger partial charge >= 0.3 is 0 Å². The normalized spacial score (nSPS) is 14.1. The molecule has 0 aliphatic heterocycles. The lowest BCUT2D eigenvalue weighted by molar-refractivity contribution is 0.279. The minimum absolute atomic E-state index is 0.608. The summed E-state index contributed by atoms with van der Waals surface area (Å²) in [7, 11) is 2.20. The van der Waals surface area contributed by atoms with Crippen molar-refractivity contribution in [2.75, 3.05) is 26.7 Å². The van der Waals surface area contributed by atoms with Gasteiger partial charge in [0.1, 0.15) is 0 Å². The average Bonchev–Trinajstić information content (AvgIpc) is 2.03. The molecule has 0 aromatic rings. The number of likely N-dealkylation sites (N-methyl/N-ethyl adjacent to an activating group) is 1. The summed E-state index contributed by atoms with van der Waals surface area (Å²) in [6.07, 6.45) is 1.28. The van der Waals surface area contributed by atoms with Crippen molar-refractivity contribution < 1.29 is 0 Å². The molecule has 80 valence electrons. The maximum absolute atomic E-state index is 3.43. The second-order valence-electron chi connectivity index (χ2n) is 4.38. The number of nitrogens with one attached hydrogen (secondary N) is 1. The Balaban J connectivity index is 3.34. The molecule has 0 fully saturated rings. The third kappa shape index (κ3) is 8.26. The highest BCUT2D eigenvalue weighted by Crippen LogP contribution is 2.01. The maximum Gasteiger partial charge on any atom is 0.0104 e. The Hall–Kier alpha value is -0.0800. The molecular formula is C11H26N2. The molecule has 1 unspecified atom stereocenters. The first-order chi connectivity index (χ1) is 6.06. The highest BCUT2D eigenvalue weighted by atomic mass is 15.1. The van der Waals surface area contributed by atoms with E-state index in [4.69, 9.17) is 0 Å². The van der Waals surface area contributed by atoms with Crippen molar-refractivity contribution in [3.05, 3.63) is 0 Å². The lowest BCUT2D eigenvalue weighted by Gasteiger charge is -2.21. The topological polar surface area (TPSA) is 15.3 Å². The zero-order valence-corrected chi connectivity index (χ0v) is 9.93. The third-order valence-corrected chi connectivity index (χ3v) is 2.37. The first-order valence-corrected chi connectivity index (χ1v) is 5.48. The van der Waals surface area contributed by atoms with Gasteiger partial charge < -0.3 is 10.2 Å². The highest BCUT2D eigenvalue weighted by molar-refractivity contribution is 4.60. The molecule has 0 aliphatic carbocycles. The van der Waals surface area contributed by atoms with E-state index in [0.717, 1.165) is 19.0 Å². The van der Waals surface area contributed by atoms with Crippen LogP contribution in [-0.2, 0) is 0 Å².